The maximum absolute atomic E-state index is 15.2. The molecule has 0 amide bonds. The lowest BCUT2D eigenvalue weighted by molar-refractivity contribution is 0.161. The molecule has 0 atom stereocenters. The van der Waals surface area contributed by atoms with Gasteiger partial charge in [-0.1, -0.05) is 13.3 Å². The number of benzene rings is 1. The van der Waals surface area contributed by atoms with Crippen LogP contribution in [-0.4, -0.2) is 47.9 Å². The van der Waals surface area contributed by atoms with Crippen molar-refractivity contribution in [2.75, 3.05) is 23.6 Å². The zero-order chi connectivity index (χ0) is 27.3. The molecule has 2 N–H and O–H groups in total. The Labute approximate surface area is 221 Å². The zero-order valence-electron chi connectivity index (χ0n) is 21.7. The van der Waals surface area contributed by atoms with Crippen molar-refractivity contribution in [2.24, 2.45) is 7.05 Å². The molecule has 3 heterocycles. The number of aryl methyl sites for hydroxylation is 2. The molecular formula is C26H32FN5O5S. The maximum atomic E-state index is 15.2. The highest BCUT2D eigenvalue weighted by molar-refractivity contribution is 7.92. The van der Waals surface area contributed by atoms with Gasteiger partial charge < -0.3 is 19.4 Å². The smallest absolute Gasteiger partial charge is 0.324 e. The number of unbranched alkanes of at least 4 members (excludes halogenated alkanes) is 1. The fraction of sp³-hybridized carbons (Fsp3) is 0.423. The lowest BCUT2D eigenvalue weighted by atomic mass is 10.1. The number of halogens is 1. The summed E-state index contributed by atoms with van der Waals surface area (Å²) in [5.74, 6) is -0.456. The van der Waals surface area contributed by atoms with Gasteiger partial charge in [-0.25, -0.2) is 12.8 Å². The molecule has 2 aromatic heterocycles. The molecule has 1 aliphatic rings. The fourth-order valence-electron chi connectivity index (χ4n) is 4.05. The van der Waals surface area contributed by atoms with E-state index in [1.54, 1.807) is 32.3 Å². The van der Waals surface area contributed by atoms with Crippen LogP contribution in [0.3, 0.4) is 0 Å². The maximum Gasteiger partial charge on any atom is 0.324 e. The van der Waals surface area contributed by atoms with Gasteiger partial charge in [0.1, 0.15) is 17.7 Å². The number of hydrogen-bond donors (Lipinski definition) is 2. The normalized spacial score (nSPS) is 14.3. The van der Waals surface area contributed by atoms with Crippen molar-refractivity contribution >= 4 is 15.8 Å². The van der Waals surface area contributed by atoms with E-state index in [-0.39, 0.29) is 35.0 Å². The molecule has 1 saturated heterocycles. The van der Waals surface area contributed by atoms with Crippen LogP contribution in [0.2, 0.25) is 0 Å². The molecule has 4 rings (SSSR count). The van der Waals surface area contributed by atoms with E-state index < -0.39 is 15.8 Å². The molecule has 0 saturated carbocycles. The van der Waals surface area contributed by atoms with Crippen LogP contribution in [0.15, 0.2) is 41.3 Å². The molecule has 0 aliphatic carbocycles. The van der Waals surface area contributed by atoms with Gasteiger partial charge in [0.15, 0.2) is 11.6 Å². The molecule has 1 fully saturated rings. The highest BCUT2D eigenvalue weighted by Crippen LogP contribution is 2.33. The lowest BCUT2D eigenvalue weighted by Gasteiger charge is -2.24. The van der Waals surface area contributed by atoms with E-state index >= 15 is 4.39 Å². The van der Waals surface area contributed by atoms with Crippen LogP contribution in [0.5, 0.6) is 17.5 Å². The first-order chi connectivity index (χ1) is 18.1. The zero-order valence-corrected chi connectivity index (χ0v) is 22.5. The second-order valence-electron chi connectivity index (χ2n) is 9.28. The Morgan fingerprint density at radius 3 is 2.63 bits per heavy atom. The highest BCUT2D eigenvalue weighted by atomic mass is 32.2. The number of piperidine rings is 1. The van der Waals surface area contributed by atoms with Gasteiger partial charge in [-0.05, 0) is 57.0 Å². The van der Waals surface area contributed by atoms with E-state index in [4.69, 9.17) is 9.47 Å². The number of aromatic nitrogens is 3. The van der Waals surface area contributed by atoms with Crippen LogP contribution < -0.4 is 25.1 Å². The first kappa shape index (κ1) is 27.5. The number of ether oxygens (including phenoxy) is 2. The van der Waals surface area contributed by atoms with Crippen LogP contribution in [0.4, 0.5) is 10.2 Å². The molecule has 204 valence electrons. The Kier molecular flexibility index (Phi) is 8.62. The summed E-state index contributed by atoms with van der Waals surface area (Å²) in [5, 5.41) is 3.26. The van der Waals surface area contributed by atoms with E-state index in [9.17, 15) is 13.2 Å². The first-order valence-electron chi connectivity index (χ1n) is 12.6. The van der Waals surface area contributed by atoms with Gasteiger partial charge in [-0.2, -0.15) is 9.97 Å². The first-order valence-corrected chi connectivity index (χ1v) is 14.2. The van der Waals surface area contributed by atoms with Gasteiger partial charge in [0, 0.05) is 37.0 Å². The monoisotopic (exact) mass is 545 g/mol. The Morgan fingerprint density at radius 1 is 1.18 bits per heavy atom. The standard InChI is InChI=1S/C26H32FN5O5S/c1-4-5-12-38(34,35)31-23-15-22(18-6-7-24(33)32(3)16-18)29-26(30-23)37-25-17(2)13-20(14-21(25)27)36-19-8-10-28-11-9-19/h6-7,13-16,19,28H,4-5,8-12H2,1-3H3,(H,29,30,31). The predicted molar refractivity (Wildman–Crippen MR) is 143 cm³/mol. The topological polar surface area (TPSA) is 124 Å². The molecule has 10 nitrogen and oxygen atoms in total. The molecule has 0 radical (unpaired) electrons. The van der Waals surface area contributed by atoms with Crippen LogP contribution in [0.1, 0.15) is 38.2 Å². The van der Waals surface area contributed by atoms with Crippen LogP contribution in [0, 0.1) is 12.7 Å². The highest BCUT2D eigenvalue weighted by Gasteiger charge is 2.20. The molecule has 12 heteroatoms. The summed E-state index contributed by atoms with van der Waals surface area (Å²) in [6, 6.07) is 7.06. The van der Waals surface area contributed by atoms with E-state index in [0.717, 1.165) is 25.9 Å². The van der Waals surface area contributed by atoms with Crippen LogP contribution in [0.25, 0.3) is 11.3 Å². The molecule has 3 aromatic rings. The third kappa shape index (κ3) is 7.07. The van der Waals surface area contributed by atoms with Gasteiger partial charge in [0.2, 0.25) is 15.6 Å². The third-order valence-corrected chi connectivity index (χ3v) is 7.45. The fourth-order valence-corrected chi connectivity index (χ4v) is 5.25. The summed E-state index contributed by atoms with van der Waals surface area (Å²) in [6.45, 7) is 5.27. The summed E-state index contributed by atoms with van der Waals surface area (Å²) in [7, 11) is -2.09. The van der Waals surface area contributed by atoms with Crippen molar-refractivity contribution in [3.8, 4) is 28.8 Å². The third-order valence-electron chi connectivity index (χ3n) is 6.10. The minimum absolute atomic E-state index is 0.00644. The van der Waals surface area contributed by atoms with Gasteiger partial charge in [-0.3, -0.25) is 9.52 Å². The molecule has 1 aliphatic heterocycles. The van der Waals surface area contributed by atoms with Crippen molar-refractivity contribution in [3.05, 3.63) is 58.3 Å². The van der Waals surface area contributed by atoms with Gasteiger partial charge in [-0.15, -0.1) is 0 Å². The van der Waals surface area contributed by atoms with Crippen LogP contribution in [-0.2, 0) is 17.1 Å². The Hall–Kier alpha value is -3.51. The number of nitrogens with zero attached hydrogens (tertiary/aromatic N) is 3. The second kappa shape index (κ2) is 11.9. The molecule has 38 heavy (non-hydrogen) atoms. The van der Waals surface area contributed by atoms with E-state index in [1.807, 2.05) is 6.92 Å². The van der Waals surface area contributed by atoms with Crippen molar-refractivity contribution < 1.29 is 22.3 Å². The van der Waals surface area contributed by atoms with Crippen molar-refractivity contribution in [1.29, 1.82) is 0 Å². The lowest BCUT2D eigenvalue weighted by Crippen LogP contribution is -2.34. The quantitative estimate of drug-likeness (QED) is 0.395. The van der Waals surface area contributed by atoms with Gasteiger partial charge in [0.25, 0.3) is 0 Å². The number of hydrogen-bond acceptors (Lipinski definition) is 8. The summed E-state index contributed by atoms with van der Waals surface area (Å²) >= 11 is 0. The number of rotatable bonds is 10. The summed E-state index contributed by atoms with van der Waals surface area (Å²) in [6.07, 6.45) is 4.42. The number of nitrogens with one attached hydrogen (secondary N) is 2. The van der Waals surface area contributed by atoms with E-state index in [2.05, 4.69) is 20.0 Å². The Bertz CT molecular complexity index is 1430. The van der Waals surface area contributed by atoms with Gasteiger partial charge >= 0.3 is 6.01 Å². The van der Waals surface area contributed by atoms with Crippen molar-refractivity contribution in [2.45, 2.75) is 45.6 Å². The minimum Gasteiger partial charge on any atom is -0.490 e. The SMILES string of the molecule is CCCCS(=O)(=O)Nc1cc(-c2ccc(=O)n(C)c2)nc(Oc2c(C)cc(OC3CCNCC3)cc2F)n1. The summed E-state index contributed by atoms with van der Waals surface area (Å²) in [5.41, 5.74) is 1.07. The molecular weight excluding hydrogens is 513 g/mol. The Balaban J connectivity index is 1.67. The number of anilines is 1. The Morgan fingerprint density at radius 2 is 1.95 bits per heavy atom. The summed E-state index contributed by atoms with van der Waals surface area (Å²) in [4.78, 5) is 20.4. The van der Waals surface area contributed by atoms with Crippen LogP contribution >= 0.6 is 0 Å². The van der Waals surface area contributed by atoms with Gasteiger partial charge in [0.05, 0.1) is 11.4 Å². The number of pyridine rings is 1. The van der Waals surface area contributed by atoms with Crippen molar-refractivity contribution in [3.63, 3.8) is 0 Å². The van der Waals surface area contributed by atoms with Crippen molar-refractivity contribution in [1.82, 2.24) is 19.9 Å². The predicted octanol–water partition coefficient (Wildman–Crippen LogP) is 3.75. The average Bonchev–Trinajstić information content (AvgIpc) is 2.87. The summed E-state index contributed by atoms with van der Waals surface area (Å²) < 4.78 is 55.8. The molecule has 1 aromatic carbocycles. The van der Waals surface area contributed by atoms with E-state index in [0.29, 0.717) is 35.4 Å². The second-order valence-corrected chi connectivity index (χ2v) is 11.1. The average molecular weight is 546 g/mol. The molecule has 0 unspecified atom stereocenters. The minimum atomic E-state index is -3.68. The number of sulfonamides is 1. The molecule has 0 bridgehead atoms. The largest absolute Gasteiger partial charge is 0.490 e. The van der Waals surface area contributed by atoms with E-state index in [1.165, 1.54) is 22.8 Å². The molecule has 0 spiro atoms.